The van der Waals surface area contributed by atoms with Crippen LogP contribution in [-0.4, -0.2) is 33.4 Å². The second-order valence-corrected chi connectivity index (χ2v) is 3.22. The van der Waals surface area contributed by atoms with Crippen molar-refractivity contribution >= 4 is 0 Å². The number of hydrogen-bond donors (Lipinski definition) is 0. The summed E-state index contributed by atoms with van der Waals surface area (Å²) in [4.78, 5) is 0. The van der Waals surface area contributed by atoms with Gasteiger partial charge in [0.25, 0.3) is 0 Å². The summed E-state index contributed by atoms with van der Waals surface area (Å²) in [5.41, 5.74) is 0. The highest BCUT2D eigenvalue weighted by Crippen LogP contribution is 2.07. The maximum absolute atomic E-state index is 5.43. The second kappa shape index (κ2) is 12.5. The quantitative estimate of drug-likeness (QED) is 0.312. The summed E-state index contributed by atoms with van der Waals surface area (Å²) in [5.74, 6) is 0. The lowest BCUT2D eigenvalue weighted by molar-refractivity contribution is -0.139. The van der Waals surface area contributed by atoms with Gasteiger partial charge in [-0.15, -0.1) is 0 Å². The molecular formula is C12H24O4. The van der Waals surface area contributed by atoms with Crippen molar-refractivity contribution in [2.45, 2.75) is 39.4 Å². The maximum atomic E-state index is 5.43. The number of unbranched alkanes of at least 4 members (excludes halogenated alkanes) is 1. The minimum atomic E-state index is -0.0664. The third-order valence-electron chi connectivity index (χ3n) is 1.89. The molecule has 0 unspecified atom stereocenters. The van der Waals surface area contributed by atoms with Crippen molar-refractivity contribution in [3.8, 4) is 0 Å². The monoisotopic (exact) mass is 232 g/mol. The molecule has 0 amide bonds. The van der Waals surface area contributed by atoms with Crippen molar-refractivity contribution in [3.05, 3.63) is 12.3 Å². The molecule has 0 saturated carbocycles. The minimum absolute atomic E-state index is 0.0664. The highest BCUT2D eigenvalue weighted by molar-refractivity contribution is 4.73. The van der Waals surface area contributed by atoms with Crippen LogP contribution in [0, 0.1) is 0 Å². The van der Waals surface area contributed by atoms with E-state index in [2.05, 4.69) is 0 Å². The molecule has 0 aromatic heterocycles. The molecule has 0 radical (unpaired) electrons. The van der Waals surface area contributed by atoms with Gasteiger partial charge in [-0.1, -0.05) is 0 Å². The highest BCUT2D eigenvalue weighted by atomic mass is 16.7. The van der Waals surface area contributed by atoms with Gasteiger partial charge >= 0.3 is 0 Å². The minimum Gasteiger partial charge on any atom is -0.476 e. The smallest absolute Gasteiger partial charge is 0.187 e. The molecule has 0 fully saturated rings. The van der Waals surface area contributed by atoms with Gasteiger partial charge in [-0.2, -0.15) is 0 Å². The molecule has 0 aliphatic rings. The fourth-order valence-electron chi connectivity index (χ4n) is 1.23. The van der Waals surface area contributed by atoms with E-state index < -0.39 is 0 Å². The molecule has 0 atom stereocenters. The average Bonchev–Trinajstić information content (AvgIpc) is 2.28. The number of methoxy groups -OCH3 is 1. The second-order valence-electron chi connectivity index (χ2n) is 3.22. The Kier molecular flexibility index (Phi) is 12.0. The lowest BCUT2D eigenvalue weighted by Gasteiger charge is -2.15. The van der Waals surface area contributed by atoms with Crippen LogP contribution in [0.5, 0.6) is 0 Å². The molecule has 0 aromatic rings. The Morgan fingerprint density at radius 3 is 2.38 bits per heavy atom. The Morgan fingerprint density at radius 1 is 1.12 bits per heavy atom. The molecule has 4 heteroatoms. The molecule has 0 heterocycles. The SMILES string of the molecule is CCOC(CCCC=COCOC)OCC. The van der Waals surface area contributed by atoms with Gasteiger partial charge < -0.3 is 18.9 Å². The molecule has 0 bridgehead atoms. The normalized spacial score (nSPS) is 11.5. The zero-order valence-corrected chi connectivity index (χ0v) is 10.6. The van der Waals surface area contributed by atoms with Gasteiger partial charge in [-0.25, -0.2) is 0 Å². The van der Waals surface area contributed by atoms with Crippen molar-refractivity contribution in [1.29, 1.82) is 0 Å². The first kappa shape index (κ1) is 15.4. The van der Waals surface area contributed by atoms with E-state index in [0.717, 1.165) is 19.3 Å². The van der Waals surface area contributed by atoms with Gasteiger partial charge in [-0.05, 0) is 39.2 Å². The Bertz CT molecular complexity index is 153. The summed E-state index contributed by atoms with van der Waals surface area (Å²) in [6, 6.07) is 0. The lowest BCUT2D eigenvalue weighted by Crippen LogP contribution is -2.16. The molecule has 16 heavy (non-hydrogen) atoms. The Morgan fingerprint density at radius 2 is 1.81 bits per heavy atom. The summed E-state index contributed by atoms with van der Waals surface area (Å²) in [6.45, 7) is 5.64. The predicted octanol–water partition coefficient (Wildman–Crippen LogP) is 2.69. The maximum Gasteiger partial charge on any atom is 0.187 e. The van der Waals surface area contributed by atoms with Crippen LogP contribution in [0.15, 0.2) is 12.3 Å². The van der Waals surface area contributed by atoms with Crippen LogP contribution in [0.3, 0.4) is 0 Å². The first-order chi connectivity index (χ1) is 7.85. The molecule has 0 saturated heterocycles. The standard InChI is InChI=1S/C12H24O4/c1-4-15-12(16-5-2)9-7-6-8-10-14-11-13-3/h8,10,12H,4-7,9,11H2,1-3H3. The summed E-state index contributed by atoms with van der Waals surface area (Å²) >= 11 is 0. The molecule has 0 N–H and O–H groups in total. The number of ether oxygens (including phenoxy) is 4. The number of rotatable bonds is 11. The molecule has 0 rings (SSSR count). The van der Waals surface area contributed by atoms with Crippen molar-refractivity contribution in [1.82, 2.24) is 0 Å². The Labute approximate surface area is 98.5 Å². The Hall–Kier alpha value is -0.580. The van der Waals surface area contributed by atoms with E-state index in [4.69, 9.17) is 18.9 Å². The van der Waals surface area contributed by atoms with E-state index in [9.17, 15) is 0 Å². The van der Waals surface area contributed by atoms with E-state index in [1.165, 1.54) is 0 Å². The molecule has 0 aromatic carbocycles. The van der Waals surface area contributed by atoms with E-state index >= 15 is 0 Å². The third-order valence-corrected chi connectivity index (χ3v) is 1.89. The van der Waals surface area contributed by atoms with Gasteiger partial charge in [0, 0.05) is 20.3 Å². The molecule has 0 spiro atoms. The van der Waals surface area contributed by atoms with Crippen molar-refractivity contribution in [3.63, 3.8) is 0 Å². The van der Waals surface area contributed by atoms with Crippen molar-refractivity contribution in [2.75, 3.05) is 27.1 Å². The van der Waals surface area contributed by atoms with E-state index in [0.29, 0.717) is 20.0 Å². The van der Waals surface area contributed by atoms with Crippen molar-refractivity contribution < 1.29 is 18.9 Å². The third kappa shape index (κ3) is 9.96. The van der Waals surface area contributed by atoms with Crippen LogP contribution in [-0.2, 0) is 18.9 Å². The number of allylic oxidation sites excluding steroid dienone is 1. The van der Waals surface area contributed by atoms with Crippen LogP contribution in [0.2, 0.25) is 0 Å². The van der Waals surface area contributed by atoms with Gasteiger partial charge in [0.2, 0.25) is 0 Å². The predicted molar refractivity (Wildman–Crippen MR) is 63.0 cm³/mol. The van der Waals surface area contributed by atoms with Crippen LogP contribution < -0.4 is 0 Å². The fraction of sp³-hybridized carbons (Fsp3) is 0.833. The summed E-state index contributed by atoms with van der Waals surface area (Å²) < 4.78 is 20.6. The zero-order valence-electron chi connectivity index (χ0n) is 10.6. The molecule has 0 aliphatic carbocycles. The molecule has 4 nitrogen and oxygen atoms in total. The first-order valence-corrected chi connectivity index (χ1v) is 5.83. The van der Waals surface area contributed by atoms with E-state index in [1.807, 2.05) is 19.9 Å². The molecule has 0 aliphatic heterocycles. The highest BCUT2D eigenvalue weighted by Gasteiger charge is 2.05. The molecular weight excluding hydrogens is 208 g/mol. The van der Waals surface area contributed by atoms with Gasteiger partial charge in [-0.3, -0.25) is 0 Å². The van der Waals surface area contributed by atoms with Crippen LogP contribution in [0.25, 0.3) is 0 Å². The van der Waals surface area contributed by atoms with Gasteiger partial charge in [0.1, 0.15) is 0 Å². The summed E-state index contributed by atoms with van der Waals surface area (Å²) in [5, 5.41) is 0. The van der Waals surface area contributed by atoms with E-state index in [-0.39, 0.29) is 6.29 Å². The van der Waals surface area contributed by atoms with Gasteiger partial charge in [0.15, 0.2) is 13.1 Å². The average molecular weight is 232 g/mol. The van der Waals surface area contributed by atoms with E-state index in [1.54, 1.807) is 13.4 Å². The lowest BCUT2D eigenvalue weighted by atomic mass is 10.2. The number of hydrogen-bond acceptors (Lipinski definition) is 4. The van der Waals surface area contributed by atoms with Crippen LogP contribution in [0.1, 0.15) is 33.1 Å². The van der Waals surface area contributed by atoms with Crippen LogP contribution >= 0.6 is 0 Å². The fourth-order valence-corrected chi connectivity index (χ4v) is 1.23. The molecule has 96 valence electrons. The zero-order chi connectivity index (χ0) is 12.1. The van der Waals surface area contributed by atoms with Crippen LogP contribution in [0.4, 0.5) is 0 Å². The summed E-state index contributed by atoms with van der Waals surface area (Å²) in [6.07, 6.45) is 6.48. The van der Waals surface area contributed by atoms with Gasteiger partial charge in [0.05, 0.1) is 6.26 Å². The largest absolute Gasteiger partial charge is 0.476 e. The topological polar surface area (TPSA) is 36.9 Å². The summed E-state index contributed by atoms with van der Waals surface area (Å²) in [7, 11) is 1.60. The Balaban J connectivity index is 3.42. The first-order valence-electron chi connectivity index (χ1n) is 5.83. The van der Waals surface area contributed by atoms with Crippen molar-refractivity contribution in [2.24, 2.45) is 0 Å².